The van der Waals surface area contributed by atoms with Crippen molar-refractivity contribution in [2.24, 2.45) is 5.92 Å². The molecule has 1 N–H and O–H groups in total. The third-order valence-corrected chi connectivity index (χ3v) is 3.18. The van der Waals surface area contributed by atoms with Gasteiger partial charge in [0.2, 0.25) is 0 Å². The number of sulfone groups is 1. The molecule has 0 spiro atoms. The van der Waals surface area contributed by atoms with Gasteiger partial charge in [0.15, 0.2) is 9.84 Å². The van der Waals surface area contributed by atoms with Crippen LogP contribution in [0.1, 0.15) is 13.8 Å². The van der Waals surface area contributed by atoms with Crippen LogP contribution in [-0.4, -0.2) is 32.9 Å². The van der Waals surface area contributed by atoms with Crippen molar-refractivity contribution < 1.29 is 17.9 Å². The minimum atomic E-state index is -3.12. The van der Waals surface area contributed by atoms with E-state index in [0.29, 0.717) is 6.61 Å². The molecule has 86 valence electrons. The lowest BCUT2D eigenvalue weighted by Gasteiger charge is -2.11. The van der Waals surface area contributed by atoms with Gasteiger partial charge in [-0.05, 0) is 12.0 Å². The first-order chi connectivity index (χ1) is 6.89. The lowest BCUT2D eigenvalue weighted by atomic mass is 10.2. The third-order valence-electron chi connectivity index (χ3n) is 1.78. The molecule has 0 saturated carbocycles. The largest absolute Gasteiger partial charge is 0.449 e. The van der Waals surface area contributed by atoms with E-state index in [9.17, 15) is 13.2 Å². The van der Waals surface area contributed by atoms with Crippen LogP contribution in [0.4, 0.5) is 4.79 Å². The van der Waals surface area contributed by atoms with Crippen molar-refractivity contribution in [3.05, 3.63) is 11.5 Å². The summed E-state index contributed by atoms with van der Waals surface area (Å²) in [6, 6.07) is -0.463. The lowest BCUT2D eigenvalue weighted by molar-refractivity contribution is 0.131. The Morgan fingerprint density at radius 1 is 1.60 bits per heavy atom. The molecule has 6 heteroatoms. The maximum absolute atomic E-state index is 11.2. The van der Waals surface area contributed by atoms with Crippen LogP contribution < -0.4 is 5.32 Å². The van der Waals surface area contributed by atoms with E-state index in [1.54, 1.807) is 0 Å². The summed E-state index contributed by atoms with van der Waals surface area (Å²) < 4.78 is 26.9. The minimum absolute atomic E-state index is 0.0796. The summed E-state index contributed by atoms with van der Waals surface area (Å²) in [5, 5.41) is 3.57. The van der Waals surface area contributed by atoms with Crippen molar-refractivity contribution in [1.82, 2.24) is 5.32 Å². The van der Waals surface area contributed by atoms with Crippen molar-refractivity contribution in [2.75, 3.05) is 12.4 Å². The normalized spacial score (nSPS) is 23.0. The summed E-state index contributed by atoms with van der Waals surface area (Å²) in [6.07, 6.45) is 0.877. The van der Waals surface area contributed by atoms with Gasteiger partial charge in [0.05, 0.1) is 18.4 Å². The van der Waals surface area contributed by atoms with Gasteiger partial charge in [-0.1, -0.05) is 13.8 Å². The summed E-state index contributed by atoms with van der Waals surface area (Å²) in [4.78, 5) is 11.2. The molecule has 0 aromatic heterocycles. The molecule has 0 unspecified atom stereocenters. The van der Waals surface area contributed by atoms with Crippen LogP contribution in [0.25, 0.3) is 0 Å². The van der Waals surface area contributed by atoms with Gasteiger partial charge in [0.25, 0.3) is 0 Å². The van der Waals surface area contributed by atoms with Crippen LogP contribution in [0.2, 0.25) is 0 Å². The van der Waals surface area contributed by atoms with Crippen molar-refractivity contribution in [3.63, 3.8) is 0 Å². The Morgan fingerprint density at radius 3 is 2.73 bits per heavy atom. The highest BCUT2D eigenvalue weighted by Crippen LogP contribution is 2.07. The predicted molar refractivity (Wildman–Crippen MR) is 56.0 cm³/mol. The first-order valence-corrected chi connectivity index (χ1v) is 6.45. The molecule has 1 atom stereocenters. The molecule has 0 aromatic carbocycles. The van der Waals surface area contributed by atoms with E-state index in [4.69, 9.17) is 4.74 Å². The van der Waals surface area contributed by atoms with Crippen LogP contribution in [0.5, 0.6) is 0 Å². The van der Waals surface area contributed by atoms with Crippen LogP contribution in [0.3, 0.4) is 0 Å². The first kappa shape index (κ1) is 12.0. The molecule has 0 radical (unpaired) electrons. The van der Waals surface area contributed by atoms with Crippen molar-refractivity contribution in [1.29, 1.82) is 0 Å². The van der Waals surface area contributed by atoms with Crippen LogP contribution in [0.15, 0.2) is 11.5 Å². The monoisotopic (exact) mass is 233 g/mol. The molecule has 5 nitrogen and oxygen atoms in total. The number of amides is 1. The standard InChI is InChI=1S/C9H15NO4S/c1-7(2)5-14-9(11)10-8-3-4-15(12,13)6-8/h3-4,7-8H,5-6H2,1-2H3,(H,10,11)/t8-/m0/s1. The maximum Gasteiger partial charge on any atom is 0.407 e. The third kappa shape index (κ3) is 4.33. The van der Waals surface area contributed by atoms with Gasteiger partial charge in [-0.2, -0.15) is 0 Å². The zero-order valence-electron chi connectivity index (χ0n) is 8.76. The van der Waals surface area contributed by atoms with Gasteiger partial charge in [-0.3, -0.25) is 0 Å². The Kier molecular flexibility index (Phi) is 3.73. The highest BCUT2D eigenvalue weighted by atomic mass is 32.2. The van der Waals surface area contributed by atoms with E-state index in [2.05, 4.69) is 5.32 Å². The summed E-state index contributed by atoms with van der Waals surface area (Å²) in [5.41, 5.74) is 0. The van der Waals surface area contributed by atoms with Crippen molar-refractivity contribution in [2.45, 2.75) is 19.9 Å². The SMILES string of the molecule is CC(C)COC(=O)N[C@H]1C=CS(=O)(=O)C1. The average molecular weight is 233 g/mol. The number of carbonyl (C=O) groups is 1. The van der Waals surface area contributed by atoms with Gasteiger partial charge in [-0.15, -0.1) is 0 Å². The molecule has 1 aliphatic rings. The van der Waals surface area contributed by atoms with Crippen LogP contribution in [-0.2, 0) is 14.6 Å². The Bertz CT molecular complexity index is 358. The minimum Gasteiger partial charge on any atom is -0.449 e. The maximum atomic E-state index is 11.2. The summed E-state index contributed by atoms with van der Waals surface area (Å²) >= 11 is 0. The Hall–Kier alpha value is -1.04. The zero-order chi connectivity index (χ0) is 11.5. The molecule has 0 aliphatic carbocycles. The number of hydrogen-bond acceptors (Lipinski definition) is 4. The number of carbonyl (C=O) groups excluding carboxylic acids is 1. The molecule has 1 aliphatic heterocycles. The van der Waals surface area contributed by atoms with E-state index in [1.807, 2.05) is 13.8 Å². The van der Waals surface area contributed by atoms with Crippen LogP contribution >= 0.6 is 0 Å². The Labute approximate surface area is 89.4 Å². The quantitative estimate of drug-likeness (QED) is 0.778. The fourth-order valence-corrected chi connectivity index (χ4v) is 2.34. The molecule has 15 heavy (non-hydrogen) atoms. The molecule has 1 amide bonds. The summed E-state index contributed by atoms with van der Waals surface area (Å²) in [5.74, 6) is 0.183. The first-order valence-electron chi connectivity index (χ1n) is 4.73. The van der Waals surface area contributed by atoms with Gasteiger partial charge in [0.1, 0.15) is 0 Å². The molecule has 1 heterocycles. The van der Waals surface area contributed by atoms with Crippen molar-refractivity contribution in [3.8, 4) is 0 Å². The fraction of sp³-hybridized carbons (Fsp3) is 0.667. The molecular weight excluding hydrogens is 218 g/mol. The van der Waals surface area contributed by atoms with E-state index < -0.39 is 22.0 Å². The number of hydrogen-bond donors (Lipinski definition) is 1. The molecule has 1 rings (SSSR count). The lowest BCUT2D eigenvalue weighted by Crippen LogP contribution is -2.36. The number of alkyl carbamates (subject to hydrolysis) is 1. The van der Waals surface area contributed by atoms with E-state index in [-0.39, 0.29) is 11.7 Å². The van der Waals surface area contributed by atoms with Crippen LogP contribution in [0, 0.1) is 5.92 Å². The van der Waals surface area contributed by atoms with E-state index in [0.717, 1.165) is 5.41 Å². The Morgan fingerprint density at radius 2 is 2.27 bits per heavy atom. The topological polar surface area (TPSA) is 72.5 Å². The highest BCUT2D eigenvalue weighted by molar-refractivity contribution is 7.94. The van der Waals surface area contributed by atoms with Gasteiger partial charge in [-0.25, -0.2) is 13.2 Å². The smallest absolute Gasteiger partial charge is 0.407 e. The molecular formula is C9H15NO4S. The number of ether oxygens (including phenoxy) is 1. The highest BCUT2D eigenvalue weighted by Gasteiger charge is 2.23. The van der Waals surface area contributed by atoms with E-state index >= 15 is 0 Å². The predicted octanol–water partition coefficient (Wildman–Crippen LogP) is 0.679. The second kappa shape index (κ2) is 4.65. The Balaban J connectivity index is 2.32. The molecule has 0 fully saturated rings. The van der Waals surface area contributed by atoms with Crippen molar-refractivity contribution >= 4 is 15.9 Å². The second-order valence-electron chi connectivity index (χ2n) is 3.90. The number of nitrogens with one attached hydrogen (secondary N) is 1. The molecule has 0 aromatic rings. The average Bonchev–Trinajstić information content (AvgIpc) is 2.42. The molecule has 0 saturated heterocycles. The van der Waals surface area contributed by atoms with Gasteiger partial charge < -0.3 is 10.1 Å². The summed E-state index contributed by atoms with van der Waals surface area (Å²) in [7, 11) is -3.12. The van der Waals surface area contributed by atoms with E-state index in [1.165, 1.54) is 6.08 Å². The molecule has 0 bridgehead atoms. The number of rotatable bonds is 3. The summed E-state index contributed by atoms with van der Waals surface area (Å²) in [6.45, 7) is 4.18. The second-order valence-corrected chi connectivity index (χ2v) is 5.83. The zero-order valence-corrected chi connectivity index (χ0v) is 9.58. The van der Waals surface area contributed by atoms with Gasteiger partial charge in [0, 0.05) is 5.41 Å². The van der Waals surface area contributed by atoms with Gasteiger partial charge >= 0.3 is 6.09 Å². The fourth-order valence-electron chi connectivity index (χ4n) is 1.10.